The molecule has 0 saturated heterocycles. The average Bonchev–Trinajstić information content (AvgIpc) is 2.71. The minimum Gasteiger partial charge on any atom is -0.497 e. The molecule has 0 bridgehead atoms. The number of nitrogens with two attached hydrogens (primary N) is 1. The minimum absolute atomic E-state index is 0.238. The molecule has 7 heteroatoms. The predicted octanol–water partition coefficient (Wildman–Crippen LogP) is 3.79. The summed E-state index contributed by atoms with van der Waals surface area (Å²) in [4.78, 5) is 17.9. The number of aromatic nitrogens is 1. The number of rotatable bonds is 8. The third-order valence-corrected chi connectivity index (χ3v) is 4.81. The van der Waals surface area contributed by atoms with E-state index in [-0.39, 0.29) is 12.3 Å². The van der Waals surface area contributed by atoms with Crippen molar-refractivity contribution in [3.05, 3.63) is 59.2 Å². The highest BCUT2D eigenvalue weighted by Crippen LogP contribution is 2.27. The maximum Gasteiger partial charge on any atom is 0.219 e. The van der Waals surface area contributed by atoms with Gasteiger partial charge in [-0.2, -0.15) is 0 Å². The third-order valence-electron chi connectivity index (χ3n) is 4.48. The Kier molecular flexibility index (Phi) is 6.21. The van der Waals surface area contributed by atoms with E-state index in [0.717, 1.165) is 33.7 Å². The molecule has 0 unspecified atom stereocenters. The van der Waals surface area contributed by atoms with Gasteiger partial charge >= 0.3 is 0 Å². The fraction of sp³-hybridized carbons (Fsp3) is 0.238. The van der Waals surface area contributed by atoms with E-state index < -0.39 is 0 Å². The van der Waals surface area contributed by atoms with E-state index in [9.17, 15) is 4.79 Å². The molecular formula is C21H22ClN3O3. The molecule has 28 heavy (non-hydrogen) atoms. The summed E-state index contributed by atoms with van der Waals surface area (Å²) in [6.45, 7) is 0.964. The quantitative estimate of drug-likeness (QED) is 0.583. The molecule has 0 aliphatic heterocycles. The fourth-order valence-electron chi connectivity index (χ4n) is 2.95. The number of carbonyl (C=O) groups is 1. The number of primary amides is 1. The van der Waals surface area contributed by atoms with Crippen molar-refractivity contribution in [2.45, 2.75) is 13.0 Å². The van der Waals surface area contributed by atoms with Crippen LogP contribution < -0.4 is 20.1 Å². The average molecular weight is 400 g/mol. The molecule has 0 spiro atoms. The molecule has 2 aromatic carbocycles. The van der Waals surface area contributed by atoms with E-state index >= 15 is 0 Å². The van der Waals surface area contributed by atoms with Crippen molar-refractivity contribution < 1.29 is 14.3 Å². The lowest BCUT2D eigenvalue weighted by molar-refractivity contribution is -0.117. The Morgan fingerprint density at radius 2 is 1.75 bits per heavy atom. The number of halogens is 1. The maximum absolute atomic E-state index is 11.3. The minimum atomic E-state index is -0.353. The van der Waals surface area contributed by atoms with Crippen LogP contribution in [0.15, 0.2) is 48.5 Å². The van der Waals surface area contributed by atoms with Gasteiger partial charge < -0.3 is 20.1 Å². The van der Waals surface area contributed by atoms with Crippen LogP contribution in [0.4, 0.5) is 5.69 Å². The summed E-state index contributed by atoms with van der Waals surface area (Å²) in [6.07, 6.45) is 0.238. The predicted molar refractivity (Wildman–Crippen MR) is 111 cm³/mol. The van der Waals surface area contributed by atoms with Crippen molar-refractivity contribution in [3.63, 3.8) is 0 Å². The van der Waals surface area contributed by atoms with Gasteiger partial charge in [0.15, 0.2) is 0 Å². The van der Waals surface area contributed by atoms with Gasteiger partial charge in [-0.3, -0.25) is 4.79 Å². The molecule has 0 radical (unpaired) electrons. The number of anilines is 1. The van der Waals surface area contributed by atoms with Gasteiger partial charge in [-0.15, -0.1) is 0 Å². The van der Waals surface area contributed by atoms with E-state index in [1.165, 1.54) is 0 Å². The number of carbonyl (C=O) groups excluding carboxylic acids is 1. The topological polar surface area (TPSA) is 77.7 Å². The second kappa shape index (κ2) is 8.80. The molecule has 1 amide bonds. The number of hydrogen-bond donors (Lipinski definition) is 1. The Morgan fingerprint density at radius 1 is 1.07 bits per heavy atom. The monoisotopic (exact) mass is 399 g/mol. The van der Waals surface area contributed by atoms with Crippen molar-refractivity contribution in [2.24, 2.45) is 5.73 Å². The first-order chi connectivity index (χ1) is 13.5. The highest BCUT2D eigenvalue weighted by Gasteiger charge is 2.13. The number of amides is 1. The van der Waals surface area contributed by atoms with Gasteiger partial charge in [-0.1, -0.05) is 11.6 Å². The molecule has 1 aromatic heterocycles. The van der Waals surface area contributed by atoms with E-state index in [2.05, 4.69) is 4.98 Å². The normalized spacial score (nSPS) is 10.7. The smallest absolute Gasteiger partial charge is 0.219 e. The van der Waals surface area contributed by atoms with Crippen LogP contribution in [0, 0.1) is 0 Å². The van der Waals surface area contributed by atoms with Gasteiger partial charge in [0.2, 0.25) is 5.91 Å². The Bertz CT molecular complexity index is 977. The van der Waals surface area contributed by atoms with Crippen LogP contribution in [0.2, 0.25) is 5.15 Å². The summed E-state index contributed by atoms with van der Waals surface area (Å²) in [5.41, 5.74) is 7.92. The summed E-state index contributed by atoms with van der Waals surface area (Å²) in [6, 6.07) is 15.3. The molecule has 0 saturated carbocycles. The summed E-state index contributed by atoms with van der Waals surface area (Å²) in [7, 11) is 3.23. The molecule has 3 rings (SSSR count). The number of pyridine rings is 1. The van der Waals surface area contributed by atoms with E-state index in [0.29, 0.717) is 18.2 Å². The molecule has 6 nitrogen and oxygen atoms in total. The molecular weight excluding hydrogens is 378 g/mol. The Balaban J connectivity index is 1.92. The fourth-order valence-corrected chi connectivity index (χ4v) is 3.15. The van der Waals surface area contributed by atoms with Crippen LogP contribution in [0.5, 0.6) is 11.5 Å². The molecule has 0 atom stereocenters. The zero-order valence-corrected chi connectivity index (χ0v) is 16.6. The lowest BCUT2D eigenvalue weighted by atomic mass is 10.1. The van der Waals surface area contributed by atoms with Crippen molar-refractivity contribution in [3.8, 4) is 11.5 Å². The van der Waals surface area contributed by atoms with Gasteiger partial charge in [0, 0.05) is 42.2 Å². The van der Waals surface area contributed by atoms with Crippen molar-refractivity contribution in [2.75, 3.05) is 25.7 Å². The highest BCUT2D eigenvalue weighted by atomic mass is 35.5. The van der Waals surface area contributed by atoms with Crippen LogP contribution in [0.1, 0.15) is 12.0 Å². The van der Waals surface area contributed by atoms with Crippen LogP contribution >= 0.6 is 11.6 Å². The maximum atomic E-state index is 11.3. The molecule has 146 valence electrons. The number of benzene rings is 2. The number of methoxy groups -OCH3 is 2. The second-order valence-corrected chi connectivity index (χ2v) is 6.69. The van der Waals surface area contributed by atoms with Crippen LogP contribution in [0.3, 0.4) is 0 Å². The van der Waals surface area contributed by atoms with Crippen molar-refractivity contribution in [1.82, 2.24) is 4.98 Å². The van der Waals surface area contributed by atoms with E-state index in [4.69, 9.17) is 26.8 Å². The highest BCUT2D eigenvalue weighted by molar-refractivity contribution is 6.30. The SMILES string of the molecule is COc1ccc(N(CCC(N)=O)Cc2cc3ccc(OC)cc3nc2Cl)cc1. The lowest BCUT2D eigenvalue weighted by Gasteiger charge is -2.25. The largest absolute Gasteiger partial charge is 0.497 e. The Hall–Kier alpha value is -2.99. The number of ether oxygens (including phenoxy) is 2. The van der Waals surface area contributed by atoms with Crippen LogP contribution in [0.25, 0.3) is 10.9 Å². The van der Waals surface area contributed by atoms with Gasteiger partial charge in [0.05, 0.1) is 19.7 Å². The molecule has 0 aliphatic rings. The molecule has 2 N–H and O–H groups in total. The van der Waals surface area contributed by atoms with Crippen LogP contribution in [-0.4, -0.2) is 31.7 Å². The first kappa shape index (κ1) is 19.8. The standard InChI is InChI=1S/C21H22ClN3O3/c1-27-17-7-4-16(5-8-17)25(10-9-20(23)26)13-15-11-14-3-6-18(28-2)12-19(14)24-21(15)22/h3-8,11-12H,9-10,13H2,1-2H3,(H2,23,26). The van der Waals surface area contributed by atoms with E-state index in [1.807, 2.05) is 53.4 Å². The Labute approximate surface area is 168 Å². The second-order valence-electron chi connectivity index (χ2n) is 6.33. The van der Waals surface area contributed by atoms with Gasteiger partial charge in [0.1, 0.15) is 16.7 Å². The number of fused-ring (bicyclic) bond motifs is 1. The summed E-state index contributed by atoms with van der Waals surface area (Å²) < 4.78 is 10.5. The first-order valence-corrected chi connectivity index (χ1v) is 9.18. The Morgan fingerprint density at radius 3 is 2.39 bits per heavy atom. The molecule has 0 fully saturated rings. The summed E-state index contributed by atoms with van der Waals surface area (Å²) in [5, 5.41) is 1.38. The summed E-state index contributed by atoms with van der Waals surface area (Å²) >= 11 is 6.45. The van der Waals surface area contributed by atoms with Gasteiger partial charge in [-0.05, 0) is 42.5 Å². The molecule has 1 heterocycles. The zero-order valence-electron chi connectivity index (χ0n) is 15.8. The third kappa shape index (κ3) is 4.64. The lowest BCUT2D eigenvalue weighted by Crippen LogP contribution is -2.28. The van der Waals surface area contributed by atoms with Crippen LogP contribution in [-0.2, 0) is 11.3 Å². The molecule has 0 aliphatic carbocycles. The van der Waals surface area contributed by atoms with E-state index in [1.54, 1.807) is 14.2 Å². The van der Waals surface area contributed by atoms with Gasteiger partial charge in [-0.25, -0.2) is 4.98 Å². The number of hydrogen-bond acceptors (Lipinski definition) is 5. The van der Waals surface area contributed by atoms with Crippen molar-refractivity contribution in [1.29, 1.82) is 0 Å². The summed E-state index contributed by atoms with van der Waals surface area (Å²) in [5.74, 6) is 1.14. The first-order valence-electron chi connectivity index (χ1n) is 8.80. The zero-order chi connectivity index (χ0) is 20.1. The van der Waals surface area contributed by atoms with Crippen molar-refractivity contribution >= 4 is 34.1 Å². The number of nitrogens with zero attached hydrogens (tertiary/aromatic N) is 2. The molecule has 3 aromatic rings. The van der Waals surface area contributed by atoms with Gasteiger partial charge in [0.25, 0.3) is 0 Å².